The maximum absolute atomic E-state index is 12.1. The monoisotopic (exact) mass is 387 g/mol. The predicted molar refractivity (Wildman–Crippen MR) is 102 cm³/mol. The summed E-state index contributed by atoms with van der Waals surface area (Å²) in [6.45, 7) is -0.0229. The van der Waals surface area contributed by atoms with Gasteiger partial charge in [0, 0.05) is 30.3 Å². The summed E-state index contributed by atoms with van der Waals surface area (Å²) in [5.41, 5.74) is 0.971. The Morgan fingerprint density at radius 1 is 1.00 bits per heavy atom. The number of carbonyl (C=O) groups is 2. The zero-order valence-corrected chi connectivity index (χ0v) is 15.5. The van der Waals surface area contributed by atoms with E-state index in [0.717, 1.165) is 12.8 Å². The highest BCUT2D eigenvalue weighted by molar-refractivity contribution is 7.89. The van der Waals surface area contributed by atoms with E-state index < -0.39 is 10.0 Å². The van der Waals surface area contributed by atoms with Crippen molar-refractivity contribution in [3.63, 3.8) is 0 Å². The van der Waals surface area contributed by atoms with Crippen molar-refractivity contribution >= 4 is 27.5 Å². The Kier molecular flexibility index (Phi) is 5.88. The maximum Gasteiger partial charge on any atom is 0.251 e. The normalized spacial score (nSPS) is 13.8. The van der Waals surface area contributed by atoms with Gasteiger partial charge in [0.25, 0.3) is 5.91 Å². The van der Waals surface area contributed by atoms with Crippen LogP contribution in [0.4, 0.5) is 5.69 Å². The number of sulfonamides is 1. The predicted octanol–water partition coefficient (Wildman–Crippen LogP) is 1.89. The lowest BCUT2D eigenvalue weighted by Gasteiger charge is -2.09. The Hall–Kier alpha value is -2.71. The first-order valence-electron chi connectivity index (χ1n) is 8.69. The number of benzene rings is 2. The summed E-state index contributed by atoms with van der Waals surface area (Å²) in [5, 5.41) is 5.57. The third-order valence-electron chi connectivity index (χ3n) is 4.02. The molecular formula is C19H21N3O4S. The standard InChI is InChI=1S/C19H21N3O4S/c23-18(11-12-20-27(25,26)17-7-2-1-3-8-17)21-16-6-4-5-14(13-16)19(24)22-15-9-10-15/h1-8,13,15,20H,9-12H2,(H,21,23)(H,22,24). The molecule has 0 heterocycles. The van der Waals surface area contributed by atoms with Gasteiger partial charge >= 0.3 is 0 Å². The minimum absolute atomic E-state index is 0.0229. The van der Waals surface area contributed by atoms with E-state index in [1.165, 1.54) is 12.1 Å². The van der Waals surface area contributed by atoms with Crippen LogP contribution < -0.4 is 15.4 Å². The van der Waals surface area contributed by atoms with E-state index in [4.69, 9.17) is 0 Å². The Bertz CT molecular complexity index is 925. The molecule has 8 heteroatoms. The number of amides is 2. The highest BCUT2D eigenvalue weighted by Crippen LogP contribution is 2.20. The fourth-order valence-electron chi connectivity index (χ4n) is 2.44. The molecule has 0 bridgehead atoms. The average Bonchev–Trinajstić information content (AvgIpc) is 3.46. The van der Waals surface area contributed by atoms with Crippen LogP contribution in [0.2, 0.25) is 0 Å². The van der Waals surface area contributed by atoms with Crippen LogP contribution in [0, 0.1) is 0 Å². The first-order chi connectivity index (χ1) is 12.9. The number of nitrogens with one attached hydrogen (secondary N) is 3. The van der Waals surface area contributed by atoms with Crippen molar-refractivity contribution in [2.75, 3.05) is 11.9 Å². The largest absolute Gasteiger partial charge is 0.349 e. The molecule has 142 valence electrons. The third-order valence-corrected chi connectivity index (χ3v) is 5.50. The summed E-state index contributed by atoms with van der Waals surface area (Å²) >= 11 is 0. The minimum Gasteiger partial charge on any atom is -0.349 e. The van der Waals surface area contributed by atoms with Crippen molar-refractivity contribution in [2.45, 2.75) is 30.2 Å². The average molecular weight is 387 g/mol. The zero-order chi connectivity index (χ0) is 19.3. The van der Waals surface area contributed by atoms with Crippen LogP contribution in [0.5, 0.6) is 0 Å². The van der Waals surface area contributed by atoms with Gasteiger partial charge in [-0.05, 0) is 43.2 Å². The molecular weight excluding hydrogens is 366 g/mol. The highest BCUT2D eigenvalue weighted by Gasteiger charge is 2.23. The van der Waals surface area contributed by atoms with Gasteiger partial charge in [0.15, 0.2) is 0 Å². The molecule has 0 spiro atoms. The van der Waals surface area contributed by atoms with E-state index in [0.29, 0.717) is 11.3 Å². The minimum atomic E-state index is -3.64. The topological polar surface area (TPSA) is 104 Å². The van der Waals surface area contributed by atoms with Gasteiger partial charge < -0.3 is 10.6 Å². The smallest absolute Gasteiger partial charge is 0.251 e. The van der Waals surface area contributed by atoms with Crippen molar-refractivity contribution in [2.24, 2.45) is 0 Å². The van der Waals surface area contributed by atoms with Gasteiger partial charge in [0.2, 0.25) is 15.9 Å². The fourth-order valence-corrected chi connectivity index (χ4v) is 3.49. The molecule has 2 aromatic carbocycles. The SMILES string of the molecule is O=C(CCNS(=O)(=O)c1ccccc1)Nc1cccc(C(=O)NC2CC2)c1. The number of rotatable bonds is 8. The van der Waals surface area contributed by atoms with Crippen molar-refractivity contribution < 1.29 is 18.0 Å². The number of hydrogen-bond acceptors (Lipinski definition) is 4. The van der Waals surface area contributed by atoms with Gasteiger partial charge in [0.1, 0.15) is 0 Å². The van der Waals surface area contributed by atoms with Crippen LogP contribution in [0.25, 0.3) is 0 Å². The van der Waals surface area contributed by atoms with E-state index >= 15 is 0 Å². The molecule has 27 heavy (non-hydrogen) atoms. The Morgan fingerprint density at radius 3 is 2.44 bits per heavy atom. The summed E-state index contributed by atoms with van der Waals surface area (Å²) in [6, 6.07) is 14.9. The van der Waals surface area contributed by atoms with Gasteiger partial charge in [-0.25, -0.2) is 13.1 Å². The highest BCUT2D eigenvalue weighted by atomic mass is 32.2. The lowest BCUT2D eigenvalue weighted by molar-refractivity contribution is -0.116. The van der Waals surface area contributed by atoms with Gasteiger partial charge in [-0.15, -0.1) is 0 Å². The van der Waals surface area contributed by atoms with E-state index in [1.54, 1.807) is 42.5 Å². The molecule has 3 N–H and O–H groups in total. The second-order valence-electron chi connectivity index (χ2n) is 6.34. The van der Waals surface area contributed by atoms with E-state index in [2.05, 4.69) is 15.4 Å². The van der Waals surface area contributed by atoms with Crippen molar-refractivity contribution in [3.8, 4) is 0 Å². The lowest BCUT2D eigenvalue weighted by atomic mass is 10.2. The Labute approximate surface area is 158 Å². The molecule has 0 aliphatic heterocycles. The molecule has 3 rings (SSSR count). The first kappa shape index (κ1) is 19.1. The molecule has 1 aliphatic carbocycles. The number of anilines is 1. The molecule has 0 saturated heterocycles. The van der Waals surface area contributed by atoms with Gasteiger partial charge in [-0.1, -0.05) is 24.3 Å². The van der Waals surface area contributed by atoms with Crippen LogP contribution in [-0.2, 0) is 14.8 Å². The summed E-state index contributed by atoms with van der Waals surface area (Å²) in [5.74, 6) is -0.505. The lowest BCUT2D eigenvalue weighted by Crippen LogP contribution is -2.28. The van der Waals surface area contributed by atoms with Crippen LogP contribution in [0.15, 0.2) is 59.5 Å². The van der Waals surface area contributed by atoms with Gasteiger partial charge in [0.05, 0.1) is 4.90 Å². The fraction of sp³-hybridized carbons (Fsp3) is 0.263. The maximum atomic E-state index is 12.1. The number of hydrogen-bond donors (Lipinski definition) is 3. The molecule has 1 saturated carbocycles. The van der Waals surface area contributed by atoms with Gasteiger partial charge in [-0.2, -0.15) is 0 Å². The van der Waals surface area contributed by atoms with Crippen molar-refractivity contribution in [1.82, 2.24) is 10.0 Å². The molecule has 0 radical (unpaired) electrons. The third kappa shape index (κ3) is 5.63. The Balaban J connectivity index is 1.50. The van der Waals surface area contributed by atoms with Crippen molar-refractivity contribution in [1.29, 1.82) is 0 Å². The van der Waals surface area contributed by atoms with Crippen molar-refractivity contribution in [3.05, 3.63) is 60.2 Å². The summed E-state index contributed by atoms with van der Waals surface area (Å²) in [4.78, 5) is 24.3. The molecule has 7 nitrogen and oxygen atoms in total. The van der Waals surface area contributed by atoms with Crippen LogP contribution >= 0.6 is 0 Å². The molecule has 1 aliphatic rings. The van der Waals surface area contributed by atoms with Crippen LogP contribution in [0.3, 0.4) is 0 Å². The number of carbonyl (C=O) groups excluding carboxylic acids is 2. The van der Waals surface area contributed by atoms with Gasteiger partial charge in [-0.3, -0.25) is 9.59 Å². The summed E-state index contributed by atoms with van der Waals surface area (Å²) in [6.07, 6.45) is 1.98. The second kappa shape index (κ2) is 8.32. The van der Waals surface area contributed by atoms with E-state index in [9.17, 15) is 18.0 Å². The molecule has 2 aromatic rings. The second-order valence-corrected chi connectivity index (χ2v) is 8.10. The zero-order valence-electron chi connectivity index (χ0n) is 14.6. The van der Waals surface area contributed by atoms with E-state index in [1.807, 2.05) is 0 Å². The quantitative estimate of drug-likeness (QED) is 0.643. The van der Waals surface area contributed by atoms with Crippen LogP contribution in [-0.4, -0.2) is 32.8 Å². The first-order valence-corrected chi connectivity index (χ1v) is 10.2. The molecule has 0 aromatic heterocycles. The van der Waals surface area contributed by atoms with Crippen LogP contribution in [0.1, 0.15) is 29.6 Å². The van der Waals surface area contributed by atoms with E-state index in [-0.39, 0.29) is 35.7 Å². The molecule has 0 unspecified atom stereocenters. The summed E-state index contributed by atoms with van der Waals surface area (Å²) < 4.78 is 26.6. The Morgan fingerprint density at radius 2 is 1.74 bits per heavy atom. The molecule has 1 fully saturated rings. The summed E-state index contributed by atoms with van der Waals surface area (Å²) in [7, 11) is -3.64. The molecule has 2 amide bonds. The molecule has 0 atom stereocenters.